The molecule has 1 unspecified atom stereocenters. The van der Waals surface area contributed by atoms with Crippen molar-refractivity contribution < 1.29 is 8.42 Å². The zero-order chi connectivity index (χ0) is 12.8. The molecule has 96 valence electrons. The number of nitrogens with zero attached hydrogens (tertiary/aromatic N) is 2. The molecule has 1 fully saturated rings. The van der Waals surface area contributed by atoms with Crippen LogP contribution in [0.1, 0.15) is 30.3 Å². The Morgan fingerprint density at radius 1 is 1.39 bits per heavy atom. The summed E-state index contributed by atoms with van der Waals surface area (Å²) in [5.41, 5.74) is 1.33. The van der Waals surface area contributed by atoms with Gasteiger partial charge in [-0.15, -0.1) is 0 Å². The van der Waals surface area contributed by atoms with Gasteiger partial charge in [-0.1, -0.05) is 6.42 Å². The predicted octanol–water partition coefficient (Wildman–Crippen LogP) is 2.36. The second-order valence-corrected chi connectivity index (χ2v) is 7.72. The second kappa shape index (κ2) is 4.31. The van der Waals surface area contributed by atoms with E-state index in [0.717, 1.165) is 22.8 Å². The summed E-state index contributed by atoms with van der Waals surface area (Å²) in [4.78, 5) is 11.5. The summed E-state index contributed by atoms with van der Waals surface area (Å²) in [6, 6.07) is 1.86. The molecular formula is C11H12BrN3O2S. The Bertz CT molecular complexity index is 695. The molecule has 0 aliphatic carbocycles. The molecule has 0 radical (unpaired) electrons. The molecule has 0 bridgehead atoms. The molecule has 7 heteroatoms. The lowest BCUT2D eigenvalue weighted by Gasteiger charge is -2.19. The van der Waals surface area contributed by atoms with Crippen molar-refractivity contribution in [1.82, 2.24) is 15.0 Å². The summed E-state index contributed by atoms with van der Waals surface area (Å²) >= 11 is 3.33. The van der Waals surface area contributed by atoms with Gasteiger partial charge in [-0.25, -0.2) is 18.4 Å². The average molecular weight is 330 g/mol. The van der Waals surface area contributed by atoms with E-state index in [1.54, 1.807) is 6.20 Å². The van der Waals surface area contributed by atoms with Crippen LogP contribution in [0, 0.1) is 0 Å². The number of aromatic amines is 1. The molecule has 1 aliphatic heterocycles. The summed E-state index contributed by atoms with van der Waals surface area (Å²) in [7, 11) is -3.07. The number of imidazole rings is 1. The molecular weight excluding hydrogens is 318 g/mol. The van der Waals surface area contributed by atoms with E-state index in [2.05, 4.69) is 30.9 Å². The molecule has 0 aromatic carbocycles. The SMILES string of the molecule is O=S1(=O)CCCCC1c1nc2ncc(Br)cc2[nH]1. The minimum absolute atomic E-state index is 0.256. The fourth-order valence-corrected chi connectivity index (χ4v) is 4.51. The third-order valence-corrected chi connectivity index (χ3v) is 5.82. The summed E-state index contributed by atoms with van der Waals surface area (Å²) in [5, 5.41) is -0.501. The van der Waals surface area contributed by atoms with Crippen LogP contribution < -0.4 is 0 Å². The largest absolute Gasteiger partial charge is 0.339 e. The lowest BCUT2D eigenvalue weighted by Crippen LogP contribution is -2.22. The maximum atomic E-state index is 12.0. The van der Waals surface area contributed by atoms with Gasteiger partial charge < -0.3 is 4.98 Å². The molecule has 2 aromatic rings. The highest BCUT2D eigenvalue weighted by molar-refractivity contribution is 9.10. The third kappa shape index (κ3) is 2.05. The van der Waals surface area contributed by atoms with Gasteiger partial charge in [0.15, 0.2) is 15.5 Å². The van der Waals surface area contributed by atoms with Crippen molar-refractivity contribution in [2.75, 3.05) is 5.75 Å². The fourth-order valence-electron chi connectivity index (χ4n) is 2.31. The zero-order valence-corrected chi connectivity index (χ0v) is 12.0. The molecule has 3 heterocycles. The summed E-state index contributed by atoms with van der Waals surface area (Å²) in [6.45, 7) is 0. The molecule has 1 aliphatic rings. The van der Waals surface area contributed by atoms with E-state index < -0.39 is 15.1 Å². The maximum absolute atomic E-state index is 12.0. The Kier molecular flexibility index (Phi) is 2.90. The van der Waals surface area contributed by atoms with E-state index in [9.17, 15) is 8.42 Å². The van der Waals surface area contributed by atoms with Gasteiger partial charge >= 0.3 is 0 Å². The van der Waals surface area contributed by atoms with Crippen molar-refractivity contribution in [3.8, 4) is 0 Å². The van der Waals surface area contributed by atoms with E-state index in [1.807, 2.05) is 6.07 Å². The molecule has 0 spiro atoms. The number of halogens is 1. The van der Waals surface area contributed by atoms with Gasteiger partial charge in [-0.2, -0.15) is 0 Å². The molecule has 1 N–H and O–H groups in total. The molecule has 5 nitrogen and oxygen atoms in total. The Morgan fingerprint density at radius 2 is 2.22 bits per heavy atom. The first-order chi connectivity index (χ1) is 8.56. The quantitative estimate of drug-likeness (QED) is 0.871. The number of hydrogen-bond donors (Lipinski definition) is 1. The van der Waals surface area contributed by atoms with Crippen LogP contribution in [0.3, 0.4) is 0 Å². The highest BCUT2D eigenvalue weighted by atomic mass is 79.9. The van der Waals surface area contributed by atoms with E-state index in [0.29, 0.717) is 17.9 Å². The van der Waals surface area contributed by atoms with Crippen LogP contribution in [0.2, 0.25) is 0 Å². The van der Waals surface area contributed by atoms with E-state index in [4.69, 9.17) is 0 Å². The number of nitrogens with one attached hydrogen (secondary N) is 1. The molecule has 0 amide bonds. The van der Waals surface area contributed by atoms with Crippen molar-refractivity contribution in [3.63, 3.8) is 0 Å². The van der Waals surface area contributed by atoms with Crippen LogP contribution in [0.25, 0.3) is 11.2 Å². The molecule has 0 saturated carbocycles. The van der Waals surface area contributed by atoms with E-state index >= 15 is 0 Å². The summed E-state index contributed by atoms with van der Waals surface area (Å²) in [5.74, 6) is 0.779. The maximum Gasteiger partial charge on any atom is 0.177 e. The molecule has 1 atom stereocenters. The third-order valence-electron chi connectivity index (χ3n) is 3.21. The van der Waals surface area contributed by atoms with Crippen LogP contribution in [-0.2, 0) is 9.84 Å². The highest BCUT2D eigenvalue weighted by Crippen LogP contribution is 2.32. The van der Waals surface area contributed by atoms with Crippen molar-refractivity contribution >= 4 is 36.9 Å². The first-order valence-corrected chi connectivity index (χ1v) is 8.30. The Balaban J connectivity index is 2.08. The van der Waals surface area contributed by atoms with E-state index in [1.165, 1.54) is 0 Å². The Morgan fingerprint density at radius 3 is 3.00 bits per heavy atom. The van der Waals surface area contributed by atoms with Gasteiger partial charge in [0.2, 0.25) is 0 Å². The van der Waals surface area contributed by atoms with Crippen molar-refractivity contribution in [2.45, 2.75) is 24.5 Å². The van der Waals surface area contributed by atoms with Crippen molar-refractivity contribution in [1.29, 1.82) is 0 Å². The van der Waals surface area contributed by atoms with Crippen molar-refractivity contribution in [3.05, 3.63) is 22.6 Å². The normalized spacial score (nSPS) is 23.3. The number of fused-ring (bicyclic) bond motifs is 1. The first kappa shape index (κ1) is 12.1. The smallest absolute Gasteiger partial charge is 0.177 e. The van der Waals surface area contributed by atoms with Crippen LogP contribution >= 0.6 is 15.9 Å². The van der Waals surface area contributed by atoms with Gasteiger partial charge in [0, 0.05) is 10.7 Å². The van der Waals surface area contributed by atoms with Crippen LogP contribution in [0.4, 0.5) is 0 Å². The van der Waals surface area contributed by atoms with Gasteiger partial charge in [-0.05, 0) is 34.8 Å². The number of pyridine rings is 1. The number of H-pyrrole nitrogens is 1. The molecule has 1 saturated heterocycles. The fraction of sp³-hybridized carbons (Fsp3) is 0.455. The Hall–Kier alpha value is -0.950. The second-order valence-electron chi connectivity index (χ2n) is 4.50. The van der Waals surface area contributed by atoms with Crippen LogP contribution in [0.15, 0.2) is 16.7 Å². The summed E-state index contributed by atoms with van der Waals surface area (Å²) < 4.78 is 24.9. The van der Waals surface area contributed by atoms with E-state index in [-0.39, 0.29) is 5.75 Å². The van der Waals surface area contributed by atoms with Crippen LogP contribution in [0.5, 0.6) is 0 Å². The molecule has 3 rings (SSSR count). The summed E-state index contributed by atoms with van der Waals surface area (Å²) in [6.07, 6.45) is 3.98. The highest BCUT2D eigenvalue weighted by Gasteiger charge is 2.32. The number of hydrogen-bond acceptors (Lipinski definition) is 4. The molecule has 2 aromatic heterocycles. The zero-order valence-electron chi connectivity index (χ0n) is 9.56. The predicted molar refractivity (Wildman–Crippen MR) is 72.0 cm³/mol. The number of rotatable bonds is 1. The van der Waals surface area contributed by atoms with Gasteiger partial charge in [0.1, 0.15) is 11.1 Å². The number of aromatic nitrogens is 3. The number of sulfone groups is 1. The standard InChI is InChI=1S/C11H12BrN3O2S/c12-7-5-8-10(13-6-7)15-11(14-8)9-3-1-2-4-18(9,16)17/h5-6,9H,1-4H2,(H,13,14,15). The van der Waals surface area contributed by atoms with Gasteiger partial charge in [0.25, 0.3) is 0 Å². The minimum Gasteiger partial charge on any atom is -0.339 e. The average Bonchev–Trinajstić information content (AvgIpc) is 2.70. The lowest BCUT2D eigenvalue weighted by molar-refractivity contribution is 0.540. The van der Waals surface area contributed by atoms with Crippen molar-refractivity contribution in [2.24, 2.45) is 0 Å². The molecule has 18 heavy (non-hydrogen) atoms. The van der Waals surface area contributed by atoms with Gasteiger partial charge in [-0.3, -0.25) is 0 Å². The monoisotopic (exact) mass is 329 g/mol. The minimum atomic E-state index is -3.07. The van der Waals surface area contributed by atoms with Gasteiger partial charge in [0.05, 0.1) is 11.3 Å². The topological polar surface area (TPSA) is 75.7 Å². The first-order valence-electron chi connectivity index (χ1n) is 5.79. The Labute approximate surface area is 113 Å². The van der Waals surface area contributed by atoms with Crippen LogP contribution in [-0.4, -0.2) is 29.1 Å². The lowest BCUT2D eigenvalue weighted by atomic mass is 10.2.